The van der Waals surface area contributed by atoms with E-state index >= 15 is 0 Å². The molecule has 1 aromatic carbocycles. The summed E-state index contributed by atoms with van der Waals surface area (Å²) in [5.41, 5.74) is 7.85. The predicted octanol–water partition coefficient (Wildman–Crippen LogP) is 2.32. The number of oxime groups is 1. The first-order valence-electron chi connectivity index (χ1n) is 5.30. The van der Waals surface area contributed by atoms with Gasteiger partial charge in [0.2, 0.25) is 0 Å². The molecule has 0 saturated carbocycles. The average molecular weight is 206 g/mol. The van der Waals surface area contributed by atoms with Gasteiger partial charge in [-0.05, 0) is 24.0 Å². The summed E-state index contributed by atoms with van der Waals surface area (Å²) in [5.74, 6) is 0.247. The molecule has 0 aromatic heterocycles. The number of amidine groups is 1. The molecule has 0 aliphatic rings. The van der Waals surface area contributed by atoms with Crippen LogP contribution in [0, 0.1) is 0 Å². The van der Waals surface area contributed by atoms with Crippen LogP contribution in [0.1, 0.15) is 30.9 Å². The maximum Gasteiger partial charge on any atom is 0.143 e. The molecule has 3 N–H and O–H groups in total. The van der Waals surface area contributed by atoms with Crippen molar-refractivity contribution in [2.45, 2.75) is 32.6 Å². The fraction of sp³-hybridized carbons (Fsp3) is 0.417. The first-order chi connectivity index (χ1) is 7.26. The Balaban J connectivity index is 2.56. The minimum atomic E-state index is 0.247. The highest BCUT2D eigenvalue weighted by Crippen LogP contribution is 2.08. The van der Waals surface area contributed by atoms with Gasteiger partial charge in [-0.3, -0.25) is 0 Å². The zero-order valence-electron chi connectivity index (χ0n) is 9.11. The third-order valence-electron chi connectivity index (χ3n) is 2.36. The van der Waals surface area contributed by atoms with Crippen LogP contribution in [0.4, 0.5) is 0 Å². The van der Waals surface area contributed by atoms with E-state index in [0.29, 0.717) is 6.42 Å². The third-order valence-corrected chi connectivity index (χ3v) is 2.36. The maximum absolute atomic E-state index is 8.43. The molecule has 0 spiro atoms. The topological polar surface area (TPSA) is 58.6 Å². The van der Waals surface area contributed by atoms with Gasteiger partial charge in [0, 0.05) is 6.42 Å². The van der Waals surface area contributed by atoms with Crippen LogP contribution in [0.15, 0.2) is 29.4 Å². The number of aryl methyl sites for hydroxylation is 1. The zero-order valence-corrected chi connectivity index (χ0v) is 9.11. The zero-order chi connectivity index (χ0) is 11.1. The number of nitrogens with zero attached hydrogens (tertiary/aromatic N) is 1. The number of nitrogens with two attached hydrogens (primary N) is 1. The van der Waals surface area contributed by atoms with Gasteiger partial charge in [0.25, 0.3) is 0 Å². The third kappa shape index (κ3) is 4.02. The molecule has 0 radical (unpaired) electrons. The second kappa shape index (κ2) is 6.06. The summed E-state index contributed by atoms with van der Waals surface area (Å²) < 4.78 is 0. The highest BCUT2D eigenvalue weighted by molar-refractivity contribution is 5.81. The first-order valence-corrected chi connectivity index (χ1v) is 5.30. The lowest BCUT2D eigenvalue weighted by molar-refractivity contribution is 0.317. The average Bonchev–Trinajstić information content (AvgIpc) is 2.28. The van der Waals surface area contributed by atoms with Crippen LogP contribution in [0.25, 0.3) is 0 Å². The normalized spacial score (nSPS) is 11.7. The van der Waals surface area contributed by atoms with Crippen molar-refractivity contribution in [1.82, 2.24) is 0 Å². The fourth-order valence-electron chi connectivity index (χ4n) is 1.45. The molecule has 0 unspecified atom stereocenters. The summed E-state index contributed by atoms with van der Waals surface area (Å²) >= 11 is 0. The number of hydrogen-bond acceptors (Lipinski definition) is 2. The molecule has 15 heavy (non-hydrogen) atoms. The second-order valence-electron chi connectivity index (χ2n) is 3.69. The Morgan fingerprint density at radius 1 is 1.27 bits per heavy atom. The van der Waals surface area contributed by atoms with Gasteiger partial charge in [0.05, 0.1) is 0 Å². The van der Waals surface area contributed by atoms with Crippen molar-refractivity contribution in [1.29, 1.82) is 0 Å². The smallest absolute Gasteiger partial charge is 0.143 e. The lowest BCUT2D eigenvalue weighted by atomic mass is 10.0. The molecule has 0 saturated heterocycles. The van der Waals surface area contributed by atoms with Crippen molar-refractivity contribution >= 4 is 5.84 Å². The Morgan fingerprint density at radius 2 is 1.87 bits per heavy atom. The monoisotopic (exact) mass is 206 g/mol. The summed E-state index contributed by atoms with van der Waals surface area (Å²) in [6, 6.07) is 8.28. The molecule has 0 bridgehead atoms. The minimum absolute atomic E-state index is 0.247. The van der Waals surface area contributed by atoms with Crippen LogP contribution in [0.5, 0.6) is 0 Å². The van der Waals surface area contributed by atoms with E-state index < -0.39 is 0 Å². The molecule has 0 amide bonds. The number of rotatable bonds is 5. The molecular formula is C12H18N2O. The number of hydrogen-bond donors (Lipinski definition) is 2. The van der Waals surface area contributed by atoms with Gasteiger partial charge in [-0.1, -0.05) is 42.8 Å². The van der Waals surface area contributed by atoms with E-state index in [1.54, 1.807) is 0 Å². The molecule has 3 heteroatoms. The Labute approximate surface area is 90.6 Å². The minimum Gasteiger partial charge on any atom is -0.409 e. The van der Waals surface area contributed by atoms with Crippen molar-refractivity contribution in [3.05, 3.63) is 35.4 Å². The van der Waals surface area contributed by atoms with Crippen molar-refractivity contribution in [2.75, 3.05) is 0 Å². The van der Waals surface area contributed by atoms with Crippen molar-refractivity contribution in [3.8, 4) is 0 Å². The molecule has 0 aliphatic heterocycles. The molecule has 0 aliphatic carbocycles. The van der Waals surface area contributed by atoms with Gasteiger partial charge in [-0.2, -0.15) is 0 Å². The molecule has 0 fully saturated rings. The van der Waals surface area contributed by atoms with Gasteiger partial charge < -0.3 is 10.9 Å². The van der Waals surface area contributed by atoms with Crippen LogP contribution in [-0.2, 0) is 12.8 Å². The lowest BCUT2D eigenvalue weighted by Crippen LogP contribution is -2.14. The van der Waals surface area contributed by atoms with Crippen molar-refractivity contribution in [3.63, 3.8) is 0 Å². The fourth-order valence-corrected chi connectivity index (χ4v) is 1.45. The Kier molecular flexibility index (Phi) is 4.68. The molecule has 1 aromatic rings. The van der Waals surface area contributed by atoms with Gasteiger partial charge in [0.15, 0.2) is 0 Å². The second-order valence-corrected chi connectivity index (χ2v) is 3.69. The number of benzene rings is 1. The van der Waals surface area contributed by atoms with E-state index in [-0.39, 0.29) is 5.84 Å². The standard InChI is InChI=1S/C12H18N2O/c1-2-3-4-10-5-7-11(8-6-10)9-12(13)14-15/h5-8,15H,2-4,9H2,1H3,(H2,13,14). The number of unbranched alkanes of at least 4 members (excludes halogenated alkanes) is 1. The molecule has 3 nitrogen and oxygen atoms in total. The lowest BCUT2D eigenvalue weighted by Gasteiger charge is -2.02. The summed E-state index contributed by atoms with van der Waals surface area (Å²) in [5, 5.41) is 11.4. The van der Waals surface area contributed by atoms with Crippen LogP contribution < -0.4 is 5.73 Å². The van der Waals surface area contributed by atoms with Gasteiger partial charge in [-0.15, -0.1) is 0 Å². The predicted molar refractivity (Wildman–Crippen MR) is 62.2 cm³/mol. The largest absolute Gasteiger partial charge is 0.409 e. The summed E-state index contributed by atoms with van der Waals surface area (Å²) in [7, 11) is 0. The first kappa shape index (κ1) is 11.6. The van der Waals surface area contributed by atoms with E-state index in [2.05, 4.69) is 24.2 Å². The van der Waals surface area contributed by atoms with E-state index in [1.807, 2.05) is 12.1 Å². The molecule has 0 atom stereocenters. The van der Waals surface area contributed by atoms with E-state index in [4.69, 9.17) is 10.9 Å². The van der Waals surface area contributed by atoms with Gasteiger partial charge in [0.1, 0.15) is 5.84 Å². The highest BCUT2D eigenvalue weighted by Gasteiger charge is 1.97. The van der Waals surface area contributed by atoms with E-state index in [9.17, 15) is 0 Å². The maximum atomic E-state index is 8.43. The molecule has 1 rings (SSSR count). The Morgan fingerprint density at radius 3 is 2.40 bits per heavy atom. The van der Waals surface area contributed by atoms with Crippen LogP contribution in [0.3, 0.4) is 0 Å². The quantitative estimate of drug-likeness (QED) is 0.336. The van der Waals surface area contributed by atoms with Crippen LogP contribution in [-0.4, -0.2) is 11.0 Å². The molecule has 0 heterocycles. The van der Waals surface area contributed by atoms with E-state index in [1.165, 1.54) is 18.4 Å². The summed E-state index contributed by atoms with van der Waals surface area (Å²) in [6.45, 7) is 2.19. The Bertz CT molecular complexity index is 317. The molecule has 82 valence electrons. The van der Waals surface area contributed by atoms with Crippen LogP contribution >= 0.6 is 0 Å². The highest BCUT2D eigenvalue weighted by atomic mass is 16.4. The summed E-state index contributed by atoms with van der Waals surface area (Å²) in [4.78, 5) is 0. The van der Waals surface area contributed by atoms with Gasteiger partial charge >= 0.3 is 0 Å². The SMILES string of the molecule is CCCCc1ccc(CC(N)=NO)cc1. The Hall–Kier alpha value is -1.51. The van der Waals surface area contributed by atoms with E-state index in [0.717, 1.165) is 12.0 Å². The van der Waals surface area contributed by atoms with Crippen molar-refractivity contribution in [2.24, 2.45) is 10.9 Å². The van der Waals surface area contributed by atoms with Gasteiger partial charge in [-0.25, -0.2) is 0 Å². The van der Waals surface area contributed by atoms with Crippen molar-refractivity contribution < 1.29 is 5.21 Å². The summed E-state index contributed by atoms with van der Waals surface area (Å²) in [6.07, 6.45) is 4.07. The van der Waals surface area contributed by atoms with Crippen LogP contribution in [0.2, 0.25) is 0 Å². The molecular weight excluding hydrogens is 188 g/mol.